The molecule has 4 aromatic rings. The fourth-order valence-corrected chi connectivity index (χ4v) is 3.95. The highest BCUT2D eigenvalue weighted by atomic mass is 35.5. The number of Topliss-reactive ketones (excluding diaryl/α,β-unsaturated/α-hetero) is 2. The fourth-order valence-electron chi connectivity index (χ4n) is 3.63. The number of oxazole rings is 1. The van der Waals surface area contributed by atoms with Gasteiger partial charge in [-0.15, -0.1) is 0 Å². The van der Waals surface area contributed by atoms with Crippen LogP contribution < -0.4 is 0 Å². The first kappa shape index (κ1) is 19.3. The molecular formula is C23H11Cl2N3O3. The van der Waals surface area contributed by atoms with Crippen LogP contribution in [0.15, 0.2) is 52.5 Å². The lowest BCUT2D eigenvalue weighted by Crippen LogP contribution is -2.00. The molecule has 0 fully saturated rings. The predicted molar refractivity (Wildman–Crippen MR) is 118 cm³/mol. The van der Waals surface area contributed by atoms with Gasteiger partial charge in [0, 0.05) is 30.3 Å². The van der Waals surface area contributed by atoms with E-state index in [-0.39, 0.29) is 32.6 Å². The molecule has 0 bridgehead atoms. The molecule has 150 valence electrons. The van der Waals surface area contributed by atoms with E-state index in [1.54, 1.807) is 12.1 Å². The summed E-state index contributed by atoms with van der Waals surface area (Å²) in [6, 6.07) is 11.8. The molecule has 31 heavy (non-hydrogen) atoms. The van der Waals surface area contributed by atoms with Crippen molar-refractivity contribution < 1.29 is 14.0 Å². The maximum atomic E-state index is 12.7. The van der Waals surface area contributed by atoms with Crippen molar-refractivity contribution in [2.75, 3.05) is 0 Å². The number of aryl methyl sites for hydroxylation is 1. The molecule has 5 rings (SSSR count). The second kappa shape index (κ2) is 6.95. The Bertz CT molecular complexity index is 1460. The van der Waals surface area contributed by atoms with Crippen LogP contribution in [0.2, 0.25) is 10.0 Å². The third-order valence-corrected chi connectivity index (χ3v) is 5.92. The van der Waals surface area contributed by atoms with E-state index in [0.29, 0.717) is 16.9 Å². The lowest BCUT2D eigenvalue weighted by atomic mass is 10.1. The highest BCUT2D eigenvalue weighted by Gasteiger charge is 2.34. The van der Waals surface area contributed by atoms with E-state index < -0.39 is 11.6 Å². The van der Waals surface area contributed by atoms with Crippen LogP contribution in [0.4, 0.5) is 5.69 Å². The van der Waals surface area contributed by atoms with Gasteiger partial charge in [0.15, 0.2) is 28.5 Å². The summed E-state index contributed by atoms with van der Waals surface area (Å²) in [7, 11) is 1.84. The summed E-state index contributed by atoms with van der Waals surface area (Å²) < 4.78 is 7.63. The van der Waals surface area contributed by atoms with Crippen LogP contribution in [0.3, 0.4) is 0 Å². The van der Waals surface area contributed by atoms with Gasteiger partial charge in [0.1, 0.15) is 0 Å². The number of carbonyl (C=O) groups excluding carboxylic acids is 2. The average molecular weight is 448 g/mol. The molecule has 0 N–H and O–H groups in total. The largest absolute Gasteiger partial charge is 0.435 e. The van der Waals surface area contributed by atoms with Crippen LogP contribution in [0.25, 0.3) is 33.4 Å². The van der Waals surface area contributed by atoms with E-state index in [9.17, 15) is 9.59 Å². The number of aromatic nitrogens is 2. The van der Waals surface area contributed by atoms with Crippen molar-refractivity contribution in [3.8, 4) is 11.3 Å². The molecule has 6 nitrogen and oxygen atoms in total. The molecule has 0 saturated carbocycles. The fraction of sp³-hybridized carbons (Fsp3) is 0.0435. The van der Waals surface area contributed by atoms with Gasteiger partial charge >= 0.3 is 0 Å². The molecule has 2 heterocycles. The predicted octanol–water partition coefficient (Wildman–Crippen LogP) is 6.15. The maximum absolute atomic E-state index is 12.7. The Morgan fingerprint density at radius 1 is 1.03 bits per heavy atom. The molecular weight excluding hydrogens is 437 g/mol. The van der Waals surface area contributed by atoms with Crippen molar-refractivity contribution in [2.24, 2.45) is 7.05 Å². The number of carbonyl (C=O) groups is 2. The molecule has 8 heteroatoms. The van der Waals surface area contributed by atoms with E-state index in [1.165, 1.54) is 18.2 Å². The summed E-state index contributed by atoms with van der Waals surface area (Å²) in [5.74, 6) is -0.736. The van der Waals surface area contributed by atoms with E-state index in [1.807, 2.05) is 29.8 Å². The topological polar surface area (TPSA) is 69.5 Å². The Balaban J connectivity index is 1.53. The molecule has 0 spiro atoms. The highest BCUT2D eigenvalue weighted by Crippen LogP contribution is 2.35. The lowest BCUT2D eigenvalue weighted by molar-refractivity contribution is 0.0990. The first-order chi connectivity index (χ1) is 14.9. The number of allylic oxidation sites excluding steroid dienone is 1. The number of fused-ring (bicyclic) bond motifs is 2. The van der Waals surface area contributed by atoms with Crippen molar-refractivity contribution >= 4 is 57.8 Å². The molecule has 2 aromatic heterocycles. The zero-order chi connectivity index (χ0) is 21.9. The Hall–Kier alpha value is -3.66. The molecule has 0 atom stereocenters. The molecule has 0 unspecified atom stereocenters. The maximum Gasteiger partial charge on any atom is 0.222 e. The van der Waals surface area contributed by atoms with Crippen molar-refractivity contribution in [1.29, 1.82) is 0 Å². The molecule has 1 aliphatic rings. The summed E-state index contributed by atoms with van der Waals surface area (Å²) >= 11 is 12.0. The molecule has 0 radical (unpaired) electrons. The highest BCUT2D eigenvalue weighted by molar-refractivity contribution is 6.46. The minimum absolute atomic E-state index is 0.0464. The number of nitrogens with zero attached hydrogens (tertiary/aromatic N) is 3. The van der Waals surface area contributed by atoms with Crippen LogP contribution in [-0.4, -0.2) is 21.1 Å². The monoisotopic (exact) mass is 447 g/mol. The summed E-state index contributed by atoms with van der Waals surface area (Å²) in [5, 5.41) is 0.420. The van der Waals surface area contributed by atoms with Crippen LogP contribution in [0, 0.1) is 6.57 Å². The van der Waals surface area contributed by atoms with Gasteiger partial charge in [0.25, 0.3) is 0 Å². The molecule has 0 amide bonds. The van der Waals surface area contributed by atoms with Gasteiger partial charge < -0.3 is 8.98 Å². The van der Waals surface area contributed by atoms with Crippen molar-refractivity contribution in [2.45, 2.75) is 0 Å². The standard InChI is InChI=1S/C23H11Cl2N3O3/c1-26-12-5-3-11(4-6-12)18-10-19-23(28(18)2)27-20(31-19)9-15-21(29)13-7-16(24)17(25)8-14(13)22(15)30/h3-10H,2H3. The first-order valence-electron chi connectivity index (χ1n) is 9.11. The molecule has 0 saturated heterocycles. The Kier molecular flexibility index (Phi) is 4.33. The smallest absolute Gasteiger partial charge is 0.222 e. The zero-order valence-electron chi connectivity index (χ0n) is 15.9. The number of rotatable bonds is 2. The number of benzene rings is 2. The third kappa shape index (κ3) is 2.98. The number of hydrogen-bond donors (Lipinski definition) is 0. The summed E-state index contributed by atoms with van der Waals surface area (Å²) in [6.07, 6.45) is 1.34. The normalized spacial score (nSPS) is 13.0. The Morgan fingerprint density at radius 2 is 1.65 bits per heavy atom. The van der Waals surface area contributed by atoms with Crippen molar-refractivity contribution in [3.63, 3.8) is 0 Å². The van der Waals surface area contributed by atoms with E-state index in [2.05, 4.69) is 9.83 Å². The van der Waals surface area contributed by atoms with Crippen molar-refractivity contribution in [3.05, 3.63) is 86.5 Å². The number of halogens is 2. The summed E-state index contributed by atoms with van der Waals surface area (Å²) in [6.45, 7) is 7.06. The van der Waals surface area contributed by atoms with Crippen LogP contribution in [-0.2, 0) is 7.05 Å². The van der Waals surface area contributed by atoms with Gasteiger partial charge in [0.2, 0.25) is 5.89 Å². The van der Waals surface area contributed by atoms with Gasteiger partial charge in [-0.2, -0.15) is 4.98 Å². The van der Waals surface area contributed by atoms with Gasteiger partial charge in [-0.3, -0.25) is 9.59 Å². The quantitative estimate of drug-likeness (QED) is 0.209. The summed E-state index contributed by atoms with van der Waals surface area (Å²) in [4.78, 5) is 33.2. The Labute approximate surface area is 186 Å². The van der Waals surface area contributed by atoms with Crippen LogP contribution in [0.1, 0.15) is 26.6 Å². The number of hydrogen-bond acceptors (Lipinski definition) is 4. The lowest BCUT2D eigenvalue weighted by Gasteiger charge is -2.03. The third-order valence-electron chi connectivity index (χ3n) is 5.20. The Morgan fingerprint density at radius 3 is 2.19 bits per heavy atom. The first-order valence-corrected chi connectivity index (χ1v) is 9.87. The minimum atomic E-state index is -0.443. The molecule has 2 aromatic carbocycles. The van der Waals surface area contributed by atoms with Gasteiger partial charge in [0.05, 0.1) is 27.9 Å². The van der Waals surface area contributed by atoms with E-state index in [0.717, 1.165) is 11.3 Å². The second-order valence-electron chi connectivity index (χ2n) is 7.02. The van der Waals surface area contributed by atoms with Crippen LogP contribution in [0.5, 0.6) is 0 Å². The van der Waals surface area contributed by atoms with Gasteiger partial charge in [-0.1, -0.05) is 47.5 Å². The number of ketones is 2. The molecule has 0 aliphatic heterocycles. The van der Waals surface area contributed by atoms with E-state index in [4.69, 9.17) is 34.2 Å². The molecule has 1 aliphatic carbocycles. The second-order valence-corrected chi connectivity index (χ2v) is 7.83. The van der Waals surface area contributed by atoms with Gasteiger partial charge in [-0.25, -0.2) is 4.85 Å². The SMILES string of the molecule is [C-]#[N+]c1ccc(-c2cc3oc(C=C4C(=O)c5cc(Cl)c(Cl)cc5C4=O)nc3n2C)cc1. The van der Waals surface area contributed by atoms with Crippen LogP contribution >= 0.6 is 23.2 Å². The average Bonchev–Trinajstić information content (AvgIpc) is 3.37. The van der Waals surface area contributed by atoms with Crippen molar-refractivity contribution in [1.82, 2.24) is 9.55 Å². The van der Waals surface area contributed by atoms with Gasteiger partial charge in [-0.05, 0) is 17.7 Å². The summed E-state index contributed by atoms with van der Waals surface area (Å²) in [5.41, 5.74) is 3.80. The zero-order valence-corrected chi connectivity index (χ0v) is 17.5. The van der Waals surface area contributed by atoms with E-state index >= 15 is 0 Å². The minimum Gasteiger partial charge on any atom is -0.435 e.